The maximum Gasteiger partial charge on any atom is 0.316 e. The van der Waals surface area contributed by atoms with E-state index >= 15 is 0 Å². The molecule has 2 rings (SSSR count). The van der Waals surface area contributed by atoms with E-state index in [1.807, 2.05) is 25.1 Å². The van der Waals surface area contributed by atoms with Gasteiger partial charge in [0.25, 0.3) is 11.8 Å². The van der Waals surface area contributed by atoms with E-state index in [9.17, 15) is 14.4 Å². The van der Waals surface area contributed by atoms with Crippen molar-refractivity contribution in [1.82, 2.24) is 5.32 Å². The molecule has 0 atom stereocenters. The Morgan fingerprint density at radius 2 is 1.89 bits per heavy atom. The van der Waals surface area contributed by atoms with E-state index < -0.39 is 18.5 Å². The summed E-state index contributed by atoms with van der Waals surface area (Å²) in [6.07, 6.45) is 0. The van der Waals surface area contributed by atoms with Gasteiger partial charge in [0.1, 0.15) is 0 Å². The highest BCUT2D eigenvalue weighted by Crippen LogP contribution is 2.20. The summed E-state index contributed by atoms with van der Waals surface area (Å²) in [7, 11) is 0. The van der Waals surface area contributed by atoms with Crippen LogP contribution in [0.2, 0.25) is 5.02 Å². The van der Waals surface area contributed by atoms with Gasteiger partial charge in [0.2, 0.25) is 0 Å². The summed E-state index contributed by atoms with van der Waals surface area (Å²) >= 11 is 7.42. The predicted octanol–water partition coefficient (Wildman–Crippen LogP) is 3.50. The van der Waals surface area contributed by atoms with Crippen molar-refractivity contribution in [2.45, 2.75) is 12.7 Å². The first kappa shape index (κ1) is 21.8. The molecule has 28 heavy (non-hydrogen) atoms. The molecule has 0 fully saturated rings. The molecular weight excluding hydrogens is 400 g/mol. The minimum atomic E-state index is -0.483. The summed E-state index contributed by atoms with van der Waals surface area (Å²) < 4.78 is 4.98. The van der Waals surface area contributed by atoms with Gasteiger partial charge in [-0.05, 0) is 36.8 Å². The Bertz CT molecular complexity index is 844. The predicted molar refractivity (Wildman–Crippen MR) is 112 cm³/mol. The highest BCUT2D eigenvalue weighted by molar-refractivity contribution is 7.99. The lowest BCUT2D eigenvalue weighted by molar-refractivity contribution is -0.144. The Balaban J connectivity index is 1.73. The summed E-state index contributed by atoms with van der Waals surface area (Å²) in [5, 5.41) is 5.94. The molecule has 2 amide bonds. The third kappa shape index (κ3) is 7.25. The van der Waals surface area contributed by atoms with E-state index in [0.717, 1.165) is 5.56 Å². The second kappa shape index (κ2) is 11.4. The monoisotopic (exact) mass is 420 g/mol. The van der Waals surface area contributed by atoms with Crippen molar-refractivity contribution in [3.8, 4) is 0 Å². The molecule has 2 N–H and O–H groups in total. The third-order valence-electron chi connectivity index (χ3n) is 3.55. The molecular formula is C20H21ClN2O4S. The number of anilines is 1. The Labute approximate surface area is 173 Å². The van der Waals surface area contributed by atoms with Crippen LogP contribution in [0.3, 0.4) is 0 Å². The van der Waals surface area contributed by atoms with E-state index in [-0.39, 0.29) is 11.7 Å². The molecule has 0 aliphatic heterocycles. The van der Waals surface area contributed by atoms with Gasteiger partial charge in [0.15, 0.2) is 6.61 Å². The summed E-state index contributed by atoms with van der Waals surface area (Å²) in [5.74, 6) is -0.486. The number of halogens is 1. The van der Waals surface area contributed by atoms with Crippen molar-refractivity contribution >= 4 is 46.8 Å². The van der Waals surface area contributed by atoms with Gasteiger partial charge in [-0.2, -0.15) is 0 Å². The molecule has 0 aliphatic rings. The largest absolute Gasteiger partial charge is 0.455 e. The van der Waals surface area contributed by atoms with Crippen molar-refractivity contribution in [3.05, 3.63) is 64.7 Å². The maximum absolute atomic E-state index is 12.0. The zero-order valence-electron chi connectivity index (χ0n) is 15.4. The number of hydrogen-bond acceptors (Lipinski definition) is 5. The molecule has 6 nitrogen and oxygen atoms in total. The van der Waals surface area contributed by atoms with Crippen LogP contribution in [-0.2, 0) is 20.1 Å². The van der Waals surface area contributed by atoms with E-state index in [2.05, 4.69) is 10.6 Å². The zero-order chi connectivity index (χ0) is 20.4. The van der Waals surface area contributed by atoms with Crippen LogP contribution in [0.15, 0.2) is 48.5 Å². The highest BCUT2D eigenvalue weighted by atomic mass is 35.5. The number of benzene rings is 2. The second-order valence-electron chi connectivity index (χ2n) is 5.73. The zero-order valence-corrected chi connectivity index (χ0v) is 16.9. The van der Waals surface area contributed by atoms with Crippen LogP contribution < -0.4 is 10.6 Å². The van der Waals surface area contributed by atoms with Gasteiger partial charge < -0.3 is 15.4 Å². The van der Waals surface area contributed by atoms with Crippen LogP contribution in [-0.4, -0.2) is 36.7 Å². The van der Waals surface area contributed by atoms with Crippen molar-refractivity contribution in [1.29, 1.82) is 0 Å². The van der Waals surface area contributed by atoms with Gasteiger partial charge in [0, 0.05) is 28.6 Å². The van der Waals surface area contributed by atoms with Crippen LogP contribution in [0.5, 0.6) is 0 Å². The van der Waals surface area contributed by atoms with Crippen molar-refractivity contribution < 1.29 is 19.1 Å². The molecule has 0 saturated heterocycles. The Hall–Kier alpha value is -2.51. The molecule has 0 bridgehead atoms. The number of esters is 1. The molecule has 0 heterocycles. The van der Waals surface area contributed by atoms with E-state index in [1.54, 1.807) is 30.3 Å². The fourth-order valence-corrected chi connectivity index (χ4v) is 3.35. The first-order valence-electron chi connectivity index (χ1n) is 8.64. The molecule has 2 aromatic rings. The van der Waals surface area contributed by atoms with Gasteiger partial charge in [-0.15, -0.1) is 11.8 Å². The Morgan fingerprint density at radius 1 is 1.11 bits per heavy atom. The van der Waals surface area contributed by atoms with E-state index in [4.69, 9.17) is 16.3 Å². The molecule has 0 aromatic heterocycles. The minimum absolute atomic E-state index is 0.116. The first-order valence-corrected chi connectivity index (χ1v) is 10.2. The average molecular weight is 421 g/mol. The van der Waals surface area contributed by atoms with Gasteiger partial charge >= 0.3 is 5.97 Å². The van der Waals surface area contributed by atoms with Gasteiger partial charge in [-0.25, -0.2) is 0 Å². The second-order valence-corrected chi connectivity index (χ2v) is 7.13. The van der Waals surface area contributed by atoms with E-state index in [0.29, 0.717) is 28.6 Å². The smallest absolute Gasteiger partial charge is 0.316 e. The number of amides is 2. The Morgan fingerprint density at radius 3 is 2.64 bits per heavy atom. The molecule has 0 saturated carbocycles. The molecule has 0 aliphatic carbocycles. The molecule has 8 heteroatoms. The van der Waals surface area contributed by atoms with Crippen molar-refractivity contribution in [2.24, 2.45) is 0 Å². The summed E-state index contributed by atoms with van der Waals surface area (Å²) in [4.78, 5) is 35.5. The number of carbonyl (C=O) groups is 3. The average Bonchev–Trinajstić information content (AvgIpc) is 2.68. The van der Waals surface area contributed by atoms with E-state index in [1.165, 1.54) is 11.8 Å². The number of rotatable bonds is 9. The van der Waals surface area contributed by atoms with Crippen LogP contribution in [0.25, 0.3) is 0 Å². The van der Waals surface area contributed by atoms with Crippen molar-refractivity contribution in [2.75, 3.05) is 24.2 Å². The number of ether oxygens (including phenoxy) is 1. The minimum Gasteiger partial charge on any atom is -0.455 e. The quantitative estimate of drug-likeness (QED) is 0.606. The molecule has 2 aromatic carbocycles. The number of carbonyl (C=O) groups excluding carboxylic acids is 3. The number of hydrogen-bond donors (Lipinski definition) is 2. The van der Waals surface area contributed by atoms with Gasteiger partial charge in [-0.1, -0.05) is 35.9 Å². The normalized spacial score (nSPS) is 10.2. The summed E-state index contributed by atoms with van der Waals surface area (Å²) in [6, 6.07) is 13.9. The van der Waals surface area contributed by atoms with Crippen LogP contribution >= 0.6 is 23.4 Å². The standard InChI is InChI=1S/C20H21ClN2O4S/c1-2-22-20(26)14-7-5-8-16(10-14)23-18(24)11-27-19(25)13-28-12-15-6-3-4-9-17(15)21/h3-10H,2,11-13H2,1H3,(H,22,26)(H,23,24). The van der Waals surface area contributed by atoms with Crippen LogP contribution in [0.4, 0.5) is 5.69 Å². The summed E-state index contributed by atoms with van der Waals surface area (Å²) in [5.41, 5.74) is 1.83. The number of thioether (sulfide) groups is 1. The van der Waals surface area contributed by atoms with Crippen molar-refractivity contribution in [3.63, 3.8) is 0 Å². The molecule has 0 radical (unpaired) electrons. The third-order valence-corrected chi connectivity index (χ3v) is 4.87. The fraction of sp³-hybridized carbons (Fsp3) is 0.250. The van der Waals surface area contributed by atoms with Crippen LogP contribution in [0, 0.1) is 0 Å². The lowest BCUT2D eigenvalue weighted by Crippen LogP contribution is -2.24. The number of nitrogens with one attached hydrogen (secondary N) is 2. The lowest BCUT2D eigenvalue weighted by atomic mass is 10.2. The SMILES string of the molecule is CCNC(=O)c1cccc(NC(=O)COC(=O)CSCc2ccccc2Cl)c1. The van der Waals surface area contributed by atoms with Gasteiger partial charge in [-0.3, -0.25) is 14.4 Å². The molecule has 0 unspecified atom stereocenters. The highest BCUT2D eigenvalue weighted by Gasteiger charge is 2.10. The fourth-order valence-electron chi connectivity index (χ4n) is 2.25. The lowest BCUT2D eigenvalue weighted by Gasteiger charge is -2.08. The van der Waals surface area contributed by atoms with Gasteiger partial charge in [0.05, 0.1) is 5.75 Å². The summed E-state index contributed by atoms with van der Waals surface area (Å²) in [6.45, 7) is 1.95. The molecule has 0 spiro atoms. The topological polar surface area (TPSA) is 84.5 Å². The first-order chi connectivity index (χ1) is 13.5. The Kier molecular flexibility index (Phi) is 8.84. The molecule has 148 valence electrons. The maximum atomic E-state index is 12.0. The van der Waals surface area contributed by atoms with Crippen LogP contribution in [0.1, 0.15) is 22.8 Å².